The third-order valence-electron chi connectivity index (χ3n) is 4.18. The molecule has 0 aliphatic heterocycles. The fourth-order valence-corrected chi connectivity index (χ4v) is 3.56. The molecule has 4 heteroatoms. The molecule has 0 radical (unpaired) electrons. The summed E-state index contributed by atoms with van der Waals surface area (Å²) in [4.78, 5) is 4.34. The molecule has 1 rings (SSSR count). The number of nitrogens with one attached hydrogen (secondary N) is 2. The van der Waals surface area contributed by atoms with Crippen molar-refractivity contribution >= 4 is 17.7 Å². The lowest BCUT2D eigenvalue weighted by atomic mass is 9.64. The van der Waals surface area contributed by atoms with Crippen LogP contribution in [0.15, 0.2) is 4.99 Å². The van der Waals surface area contributed by atoms with Gasteiger partial charge in [0.15, 0.2) is 5.96 Å². The molecule has 0 spiro atoms. The Morgan fingerprint density at radius 3 is 2.50 bits per heavy atom. The highest BCUT2D eigenvalue weighted by molar-refractivity contribution is 7.98. The minimum atomic E-state index is 0.532. The van der Waals surface area contributed by atoms with Crippen molar-refractivity contribution in [2.45, 2.75) is 52.4 Å². The quantitative estimate of drug-likeness (QED) is 0.388. The summed E-state index contributed by atoms with van der Waals surface area (Å²) in [5, 5.41) is 6.97. The monoisotopic (exact) mass is 299 g/mol. The van der Waals surface area contributed by atoms with Gasteiger partial charge in [0, 0.05) is 20.1 Å². The largest absolute Gasteiger partial charge is 0.356 e. The van der Waals surface area contributed by atoms with Crippen LogP contribution < -0.4 is 10.6 Å². The van der Waals surface area contributed by atoms with Gasteiger partial charge in [-0.2, -0.15) is 11.8 Å². The van der Waals surface area contributed by atoms with Gasteiger partial charge in [0.25, 0.3) is 0 Å². The first-order valence-corrected chi connectivity index (χ1v) is 9.45. The molecule has 2 N–H and O–H groups in total. The predicted octanol–water partition coefficient (Wildman–Crippen LogP) is 3.51. The van der Waals surface area contributed by atoms with Gasteiger partial charge in [0.2, 0.25) is 0 Å². The van der Waals surface area contributed by atoms with Crippen LogP contribution >= 0.6 is 11.8 Å². The van der Waals surface area contributed by atoms with E-state index in [0.29, 0.717) is 5.41 Å². The third-order valence-corrected chi connectivity index (χ3v) is 4.87. The van der Waals surface area contributed by atoms with E-state index in [4.69, 9.17) is 0 Å². The van der Waals surface area contributed by atoms with E-state index >= 15 is 0 Å². The van der Waals surface area contributed by atoms with Crippen molar-refractivity contribution in [2.75, 3.05) is 32.1 Å². The van der Waals surface area contributed by atoms with Crippen molar-refractivity contribution in [3.8, 4) is 0 Å². The van der Waals surface area contributed by atoms with Crippen LogP contribution in [0.3, 0.4) is 0 Å². The van der Waals surface area contributed by atoms with Gasteiger partial charge in [0.1, 0.15) is 0 Å². The Balaban J connectivity index is 2.23. The summed E-state index contributed by atoms with van der Waals surface area (Å²) >= 11 is 1.92. The van der Waals surface area contributed by atoms with E-state index in [1.807, 2.05) is 18.8 Å². The zero-order valence-electron chi connectivity index (χ0n) is 13.8. The van der Waals surface area contributed by atoms with Crippen molar-refractivity contribution < 1.29 is 0 Å². The first-order chi connectivity index (χ1) is 9.62. The van der Waals surface area contributed by atoms with Gasteiger partial charge >= 0.3 is 0 Å². The molecule has 0 aromatic heterocycles. The normalized spacial score (nSPS) is 17.9. The maximum atomic E-state index is 4.34. The van der Waals surface area contributed by atoms with Gasteiger partial charge < -0.3 is 10.6 Å². The molecule has 0 amide bonds. The van der Waals surface area contributed by atoms with E-state index in [1.165, 1.54) is 44.3 Å². The lowest BCUT2D eigenvalue weighted by Crippen LogP contribution is -2.47. The number of unbranched alkanes of at least 4 members (excludes halogenated alkanes) is 1. The van der Waals surface area contributed by atoms with E-state index in [9.17, 15) is 0 Å². The summed E-state index contributed by atoms with van der Waals surface area (Å²) < 4.78 is 0. The van der Waals surface area contributed by atoms with Gasteiger partial charge in [-0.15, -0.1) is 0 Å². The molecule has 1 aliphatic carbocycles. The van der Waals surface area contributed by atoms with Gasteiger partial charge in [-0.05, 0) is 55.4 Å². The van der Waals surface area contributed by atoms with Crippen LogP contribution in [-0.2, 0) is 0 Å². The summed E-state index contributed by atoms with van der Waals surface area (Å²) in [6.45, 7) is 6.77. The maximum Gasteiger partial charge on any atom is 0.190 e. The topological polar surface area (TPSA) is 36.4 Å². The molecule has 0 heterocycles. The van der Waals surface area contributed by atoms with Gasteiger partial charge in [-0.25, -0.2) is 0 Å². The number of aliphatic imine (C=N–C) groups is 1. The van der Waals surface area contributed by atoms with E-state index in [0.717, 1.165) is 25.0 Å². The SMILES string of the molecule is CN=C(NCCCCSC)NCC1(CC(C)C)CCC1. The van der Waals surface area contributed by atoms with Crippen LogP contribution in [0.1, 0.15) is 52.4 Å². The molecule has 1 aliphatic rings. The average Bonchev–Trinajstić information content (AvgIpc) is 2.38. The minimum absolute atomic E-state index is 0.532. The van der Waals surface area contributed by atoms with Crippen molar-refractivity contribution in [1.29, 1.82) is 0 Å². The van der Waals surface area contributed by atoms with E-state index in [2.05, 4.69) is 35.7 Å². The smallest absolute Gasteiger partial charge is 0.190 e. The Labute approximate surface area is 129 Å². The van der Waals surface area contributed by atoms with Crippen molar-refractivity contribution in [2.24, 2.45) is 16.3 Å². The lowest BCUT2D eigenvalue weighted by Gasteiger charge is -2.43. The zero-order chi connectivity index (χ0) is 14.8. The predicted molar refractivity (Wildman–Crippen MR) is 92.7 cm³/mol. The number of thioether (sulfide) groups is 1. The molecule has 3 nitrogen and oxygen atoms in total. The molecule has 0 bridgehead atoms. The minimum Gasteiger partial charge on any atom is -0.356 e. The first kappa shape index (κ1) is 17.7. The second-order valence-corrected chi connectivity index (χ2v) is 7.49. The van der Waals surface area contributed by atoms with Crippen LogP contribution in [0.25, 0.3) is 0 Å². The number of hydrogen-bond acceptors (Lipinski definition) is 2. The number of rotatable bonds is 9. The van der Waals surface area contributed by atoms with E-state index < -0.39 is 0 Å². The molecule has 1 saturated carbocycles. The van der Waals surface area contributed by atoms with Crippen molar-refractivity contribution in [3.05, 3.63) is 0 Å². The van der Waals surface area contributed by atoms with E-state index in [1.54, 1.807) is 0 Å². The molecule has 20 heavy (non-hydrogen) atoms. The van der Waals surface area contributed by atoms with Crippen LogP contribution in [0, 0.1) is 11.3 Å². The summed E-state index contributed by atoms with van der Waals surface area (Å²) in [7, 11) is 1.87. The highest BCUT2D eigenvalue weighted by atomic mass is 32.2. The molecule has 0 saturated heterocycles. The fourth-order valence-electron chi connectivity index (χ4n) is 3.07. The Morgan fingerprint density at radius 2 is 2.00 bits per heavy atom. The van der Waals surface area contributed by atoms with Gasteiger partial charge in [-0.3, -0.25) is 4.99 Å². The third kappa shape index (κ3) is 6.38. The Hall–Kier alpha value is -0.380. The Kier molecular flexibility index (Phi) is 8.43. The molecule has 0 aromatic carbocycles. The van der Waals surface area contributed by atoms with Crippen molar-refractivity contribution in [1.82, 2.24) is 10.6 Å². The van der Waals surface area contributed by atoms with Crippen LogP contribution in [0.4, 0.5) is 0 Å². The van der Waals surface area contributed by atoms with E-state index in [-0.39, 0.29) is 0 Å². The number of guanidine groups is 1. The second-order valence-electron chi connectivity index (χ2n) is 6.50. The molecule has 1 fully saturated rings. The fraction of sp³-hybridized carbons (Fsp3) is 0.938. The maximum absolute atomic E-state index is 4.34. The highest BCUT2D eigenvalue weighted by Gasteiger charge is 2.37. The summed E-state index contributed by atoms with van der Waals surface area (Å²) in [5.41, 5.74) is 0.532. The second kappa shape index (κ2) is 9.54. The Bertz CT molecular complexity index is 285. The zero-order valence-corrected chi connectivity index (χ0v) is 14.6. The van der Waals surface area contributed by atoms with Crippen molar-refractivity contribution in [3.63, 3.8) is 0 Å². The number of hydrogen-bond donors (Lipinski definition) is 2. The van der Waals surface area contributed by atoms with Crippen LogP contribution in [0.2, 0.25) is 0 Å². The first-order valence-electron chi connectivity index (χ1n) is 8.05. The lowest BCUT2D eigenvalue weighted by molar-refractivity contribution is 0.104. The standard InChI is InChI=1S/C16H33N3S/c1-14(2)12-16(8-7-9-16)13-19-15(17-3)18-10-5-6-11-20-4/h14H,5-13H2,1-4H3,(H2,17,18,19). The molecule has 0 atom stereocenters. The summed E-state index contributed by atoms with van der Waals surface area (Å²) in [5.74, 6) is 3.02. The molecular formula is C16H33N3S. The summed E-state index contributed by atoms with van der Waals surface area (Å²) in [6.07, 6.45) is 10.2. The van der Waals surface area contributed by atoms with Gasteiger partial charge in [-0.1, -0.05) is 20.3 Å². The Morgan fingerprint density at radius 1 is 1.25 bits per heavy atom. The summed E-state index contributed by atoms with van der Waals surface area (Å²) in [6, 6.07) is 0. The molecular weight excluding hydrogens is 266 g/mol. The van der Waals surface area contributed by atoms with Crippen LogP contribution in [-0.4, -0.2) is 38.1 Å². The highest BCUT2D eigenvalue weighted by Crippen LogP contribution is 2.45. The molecule has 0 aromatic rings. The molecule has 118 valence electrons. The average molecular weight is 300 g/mol. The molecule has 0 unspecified atom stereocenters. The number of nitrogens with zero attached hydrogens (tertiary/aromatic N) is 1. The van der Waals surface area contributed by atoms with Gasteiger partial charge in [0.05, 0.1) is 0 Å². The van der Waals surface area contributed by atoms with Crippen LogP contribution in [0.5, 0.6) is 0 Å².